The Morgan fingerprint density at radius 3 is 2.78 bits per heavy atom. The predicted octanol–water partition coefficient (Wildman–Crippen LogP) is 2.82. The van der Waals surface area contributed by atoms with Gasteiger partial charge in [-0.1, -0.05) is 12.8 Å². The van der Waals surface area contributed by atoms with Crippen molar-refractivity contribution in [3.63, 3.8) is 0 Å². The fraction of sp³-hybridized carbons (Fsp3) is 0.667. The average molecular weight is 246 g/mol. The van der Waals surface area contributed by atoms with Crippen molar-refractivity contribution in [1.82, 2.24) is 9.47 Å². The number of aryl methyl sites for hydroxylation is 1. The van der Waals surface area contributed by atoms with Crippen LogP contribution >= 0.6 is 0 Å². The van der Waals surface area contributed by atoms with E-state index in [0.717, 1.165) is 18.2 Å². The molecule has 1 saturated carbocycles. The minimum absolute atomic E-state index is 0.235. The van der Waals surface area contributed by atoms with E-state index in [1.54, 1.807) is 0 Å². The lowest BCUT2D eigenvalue weighted by atomic mass is 9.78. The third-order valence-electron chi connectivity index (χ3n) is 4.67. The molecule has 0 radical (unpaired) electrons. The lowest BCUT2D eigenvalue weighted by Crippen LogP contribution is -2.50. The van der Waals surface area contributed by atoms with Crippen molar-refractivity contribution in [3.8, 4) is 0 Å². The first-order valence-electron chi connectivity index (χ1n) is 7.19. The second-order valence-corrected chi connectivity index (χ2v) is 5.76. The molecule has 18 heavy (non-hydrogen) atoms. The molecule has 2 heterocycles. The predicted molar refractivity (Wildman–Crippen MR) is 71.4 cm³/mol. The second kappa shape index (κ2) is 4.79. The zero-order valence-corrected chi connectivity index (χ0v) is 11.1. The van der Waals surface area contributed by atoms with Crippen molar-refractivity contribution < 1.29 is 4.79 Å². The smallest absolute Gasteiger partial charge is 0.270 e. The molecule has 3 heteroatoms. The van der Waals surface area contributed by atoms with Crippen molar-refractivity contribution in [2.45, 2.75) is 44.6 Å². The van der Waals surface area contributed by atoms with E-state index in [1.165, 1.54) is 38.5 Å². The fourth-order valence-electron chi connectivity index (χ4n) is 3.71. The van der Waals surface area contributed by atoms with Crippen LogP contribution in [0.5, 0.6) is 0 Å². The van der Waals surface area contributed by atoms with Gasteiger partial charge in [-0.15, -0.1) is 0 Å². The average Bonchev–Trinajstić information content (AvgIpc) is 2.83. The Morgan fingerprint density at radius 1 is 1.22 bits per heavy atom. The summed E-state index contributed by atoms with van der Waals surface area (Å²) in [5, 5.41) is 0. The normalized spacial score (nSPS) is 27.9. The molecule has 1 aromatic heterocycles. The minimum atomic E-state index is 0.235. The Bertz CT molecular complexity index is 435. The number of nitrogens with zero attached hydrogens (tertiary/aromatic N) is 2. The zero-order chi connectivity index (χ0) is 12.5. The van der Waals surface area contributed by atoms with Gasteiger partial charge in [0.25, 0.3) is 5.91 Å². The van der Waals surface area contributed by atoms with Crippen LogP contribution in [0.25, 0.3) is 0 Å². The van der Waals surface area contributed by atoms with Crippen molar-refractivity contribution in [2.24, 2.45) is 13.0 Å². The highest BCUT2D eigenvalue weighted by molar-refractivity contribution is 5.93. The van der Waals surface area contributed by atoms with Gasteiger partial charge in [-0.3, -0.25) is 4.79 Å². The third kappa shape index (κ3) is 1.96. The Hall–Kier alpha value is -1.25. The highest BCUT2D eigenvalue weighted by Gasteiger charge is 2.36. The number of hydrogen-bond donors (Lipinski definition) is 0. The first kappa shape index (κ1) is 11.8. The molecule has 1 aromatic rings. The SMILES string of the molecule is Cn1cccc1C(=O)N1CCCC2CCCCC21. The van der Waals surface area contributed by atoms with Gasteiger partial charge in [0, 0.05) is 25.8 Å². The summed E-state index contributed by atoms with van der Waals surface area (Å²) in [4.78, 5) is 14.8. The van der Waals surface area contributed by atoms with Gasteiger partial charge < -0.3 is 9.47 Å². The zero-order valence-electron chi connectivity index (χ0n) is 11.1. The molecule has 2 aliphatic rings. The van der Waals surface area contributed by atoms with Crippen LogP contribution in [-0.2, 0) is 7.05 Å². The summed E-state index contributed by atoms with van der Waals surface area (Å²) >= 11 is 0. The number of amides is 1. The summed E-state index contributed by atoms with van der Waals surface area (Å²) in [6.07, 6.45) is 9.63. The molecule has 0 N–H and O–H groups in total. The van der Waals surface area contributed by atoms with Crippen molar-refractivity contribution in [3.05, 3.63) is 24.0 Å². The third-order valence-corrected chi connectivity index (χ3v) is 4.67. The molecule has 1 saturated heterocycles. The summed E-state index contributed by atoms with van der Waals surface area (Å²) in [5.74, 6) is 0.996. The maximum atomic E-state index is 12.6. The van der Waals surface area contributed by atoms with Crippen molar-refractivity contribution in [1.29, 1.82) is 0 Å². The standard InChI is InChI=1S/C15H22N2O/c1-16-10-5-9-14(16)15(18)17-11-4-7-12-6-2-3-8-13(12)17/h5,9-10,12-13H,2-4,6-8,11H2,1H3. The molecule has 1 amide bonds. The Morgan fingerprint density at radius 2 is 2.00 bits per heavy atom. The van der Waals surface area contributed by atoms with Crippen LogP contribution < -0.4 is 0 Å². The Balaban J connectivity index is 1.82. The van der Waals surface area contributed by atoms with E-state index in [1.807, 2.05) is 29.9 Å². The Kier molecular flexibility index (Phi) is 3.14. The first-order valence-corrected chi connectivity index (χ1v) is 7.19. The van der Waals surface area contributed by atoms with E-state index in [-0.39, 0.29) is 5.91 Å². The molecule has 2 unspecified atom stereocenters. The lowest BCUT2D eigenvalue weighted by molar-refractivity contribution is 0.0382. The Labute approximate surface area is 109 Å². The van der Waals surface area contributed by atoms with Crippen LogP contribution in [0.1, 0.15) is 49.0 Å². The minimum Gasteiger partial charge on any atom is -0.347 e. The van der Waals surface area contributed by atoms with Gasteiger partial charge in [0.15, 0.2) is 0 Å². The van der Waals surface area contributed by atoms with Crippen LogP contribution in [0.2, 0.25) is 0 Å². The quantitative estimate of drug-likeness (QED) is 0.748. The number of rotatable bonds is 1. The highest BCUT2D eigenvalue weighted by atomic mass is 16.2. The van der Waals surface area contributed by atoms with Crippen LogP contribution in [0.4, 0.5) is 0 Å². The van der Waals surface area contributed by atoms with Gasteiger partial charge in [-0.2, -0.15) is 0 Å². The maximum absolute atomic E-state index is 12.6. The summed E-state index contributed by atoms with van der Waals surface area (Å²) in [6, 6.07) is 4.40. The summed E-state index contributed by atoms with van der Waals surface area (Å²) < 4.78 is 1.94. The molecule has 2 atom stereocenters. The fourth-order valence-corrected chi connectivity index (χ4v) is 3.71. The lowest BCUT2D eigenvalue weighted by Gasteiger charge is -2.44. The number of carbonyl (C=O) groups excluding carboxylic acids is 1. The topological polar surface area (TPSA) is 25.2 Å². The monoisotopic (exact) mass is 246 g/mol. The summed E-state index contributed by atoms with van der Waals surface area (Å²) in [5.41, 5.74) is 0.834. The summed E-state index contributed by atoms with van der Waals surface area (Å²) in [6.45, 7) is 0.950. The molecule has 1 aliphatic heterocycles. The number of aromatic nitrogens is 1. The van der Waals surface area contributed by atoms with Crippen LogP contribution in [-0.4, -0.2) is 28.0 Å². The molecular weight excluding hydrogens is 224 g/mol. The van der Waals surface area contributed by atoms with E-state index < -0.39 is 0 Å². The number of fused-ring (bicyclic) bond motifs is 1. The highest BCUT2D eigenvalue weighted by Crippen LogP contribution is 2.35. The molecule has 0 aromatic carbocycles. The largest absolute Gasteiger partial charge is 0.347 e. The number of carbonyl (C=O) groups is 1. The second-order valence-electron chi connectivity index (χ2n) is 5.76. The van der Waals surface area contributed by atoms with Gasteiger partial charge >= 0.3 is 0 Å². The molecule has 0 spiro atoms. The van der Waals surface area contributed by atoms with Gasteiger partial charge in [0.2, 0.25) is 0 Å². The molecule has 2 fully saturated rings. The van der Waals surface area contributed by atoms with Crippen molar-refractivity contribution in [2.75, 3.05) is 6.54 Å². The number of piperidine rings is 1. The number of likely N-dealkylation sites (tertiary alicyclic amines) is 1. The van der Waals surface area contributed by atoms with Gasteiger partial charge in [0.05, 0.1) is 0 Å². The summed E-state index contributed by atoms with van der Waals surface area (Å²) in [7, 11) is 1.95. The van der Waals surface area contributed by atoms with Crippen molar-refractivity contribution >= 4 is 5.91 Å². The van der Waals surface area contributed by atoms with Gasteiger partial charge in [-0.25, -0.2) is 0 Å². The van der Waals surface area contributed by atoms with Crippen LogP contribution in [0.3, 0.4) is 0 Å². The first-order chi connectivity index (χ1) is 8.77. The molecular formula is C15H22N2O. The maximum Gasteiger partial charge on any atom is 0.270 e. The molecule has 98 valence electrons. The van der Waals surface area contributed by atoms with E-state index >= 15 is 0 Å². The van der Waals surface area contributed by atoms with E-state index in [9.17, 15) is 4.79 Å². The molecule has 0 bridgehead atoms. The van der Waals surface area contributed by atoms with E-state index in [0.29, 0.717) is 6.04 Å². The van der Waals surface area contributed by atoms with E-state index in [4.69, 9.17) is 0 Å². The molecule has 3 rings (SSSR count). The van der Waals surface area contributed by atoms with Crippen LogP contribution in [0, 0.1) is 5.92 Å². The molecule has 1 aliphatic carbocycles. The molecule has 3 nitrogen and oxygen atoms in total. The van der Waals surface area contributed by atoms with Gasteiger partial charge in [0.1, 0.15) is 5.69 Å². The van der Waals surface area contributed by atoms with Crippen LogP contribution in [0.15, 0.2) is 18.3 Å². The number of hydrogen-bond acceptors (Lipinski definition) is 1. The van der Waals surface area contributed by atoms with Gasteiger partial charge in [-0.05, 0) is 43.7 Å². The van der Waals surface area contributed by atoms with E-state index in [2.05, 4.69) is 4.90 Å².